The largest absolute Gasteiger partial charge is 0.399 e. The maximum atomic E-state index is 12.4. The summed E-state index contributed by atoms with van der Waals surface area (Å²) in [7, 11) is -3.33. The molecular formula is C15H15NO3S. The second-order valence-corrected chi connectivity index (χ2v) is 6.72. The van der Waals surface area contributed by atoms with Crippen molar-refractivity contribution in [2.45, 2.75) is 11.8 Å². The van der Waals surface area contributed by atoms with Crippen LogP contribution in [0.2, 0.25) is 0 Å². The normalized spacial score (nSPS) is 11.3. The SMILES string of the molecule is Cc1cc(N)ccc1C(=O)c1cccc(S(C)(=O)=O)c1. The maximum Gasteiger partial charge on any atom is 0.193 e. The van der Waals surface area contributed by atoms with Gasteiger partial charge in [0.05, 0.1) is 4.90 Å². The van der Waals surface area contributed by atoms with Crippen molar-refractivity contribution in [2.75, 3.05) is 12.0 Å². The Morgan fingerprint density at radius 2 is 1.80 bits per heavy atom. The molecule has 0 fully saturated rings. The highest BCUT2D eigenvalue weighted by molar-refractivity contribution is 7.90. The van der Waals surface area contributed by atoms with Crippen LogP contribution in [0, 0.1) is 6.92 Å². The maximum absolute atomic E-state index is 12.4. The van der Waals surface area contributed by atoms with Crippen molar-refractivity contribution in [1.82, 2.24) is 0 Å². The van der Waals surface area contributed by atoms with Crippen LogP contribution < -0.4 is 5.73 Å². The van der Waals surface area contributed by atoms with Gasteiger partial charge in [0.1, 0.15) is 0 Å². The summed E-state index contributed by atoms with van der Waals surface area (Å²) in [6.45, 7) is 1.80. The number of hydrogen-bond acceptors (Lipinski definition) is 4. The van der Waals surface area contributed by atoms with Crippen LogP contribution >= 0.6 is 0 Å². The number of carbonyl (C=O) groups is 1. The van der Waals surface area contributed by atoms with E-state index in [2.05, 4.69) is 0 Å². The van der Waals surface area contributed by atoms with Crippen LogP contribution in [0.25, 0.3) is 0 Å². The van der Waals surface area contributed by atoms with E-state index in [0.29, 0.717) is 16.8 Å². The van der Waals surface area contributed by atoms with Gasteiger partial charge in [-0.3, -0.25) is 4.79 Å². The van der Waals surface area contributed by atoms with Crippen molar-refractivity contribution in [3.63, 3.8) is 0 Å². The molecule has 2 N–H and O–H groups in total. The Morgan fingerprint density at radius 3 is 2.40 bits per heavy atom. The van der Waals surface area contributed by atoms with Gasteiger partial charge in [-0.15, -0.1) is 0 Å². The summed E-state index contributed by atoms with van der Waals surface area (Å²) < 4.78 is 23.1. The highest BCUT2D eigenvalue weighted by Crippen LogP contribution is 2.19. The fourth-order valence-corrected chi connectivity index (χ4v) is 2.63. The van der Waals surface area contributed by atoms with Gasteiger partial charge in [-0.05, 0) is 42.8 Å². The Balaban J connectivity index is 2.49. The van der Waals surface area contributed by atoms with Crippen LogP contribution in [0.5, 0.6) is 0 Å². The van der Waals surface area contributed by atoms with Crippen molar-refractivity contribution >= 4 is 21.3 Å². The molecule has 0 heterocycles. The van der Waals surface area contributed by atoms with E-state index < -0.39 is 9.84 Å². The standard InChI is InChI=1S/C15H15NO3S/c1-10-8-12(16)6-7-14(10)15(17)11-4-3-5-13(9-11)20(2,18)19/h3-9H,16H2,1-2H3. The lowest BCUT2D eigenvalue weighted by Gasteiger charge is -2.07. The first-order valence-electron chi connectivity index (χ1n) is 6.00. The van der Waals surface area contributed by atoms with E-state index in [1.165, 1.54) is 12.1 Å². The summed E-state index contributed by atoms with van der Waals surface area (Å²) in [5, 5.41) is 0. The Labute approximate surface area is 118 Å². The third-order valence-corrected chi connectivity index (χ3v) is 4.13. The monoisotopic (exact) mass is 289 g/mol. The Hall–Kier alpha value is -2.14. The van der Waals surface area contributed by atoms with E-state index in [-0.39, 0.29) is 10.7 Å². The molecule has 2 aromatic carbocycles. The van der Waals surface area contributed by atoms with Gasteiger partial charge in [-0.2, -0.15) is 0 Å². The number of benzene rings is 2. The molecule has 0 aromatic heterocycles. The minimum atomic E-state index is -3.33. The van der Waals surface area contributed by atoms with E-state index in [9.17, 15) is 13.2 Å². The summed E-state index contributed by atoms with van der Waals surface area (Å²) in [5.41, 5.74) is 7.87. The number of ketones is 1. The molecule has 5 heteroatoms. The molecule has 0 aliphatic rings. The fourth-order valence-electron chi connectivity index (χ4n) is 1.97. The molecule has 0 radical (unpaired) electrons. The highest BCUT2D eigenvalue weighted by atomic mass is 32.2. The zero-order chi connectivity index (χ0) is 14.9. The number of hydrogen-bond donors (Lipinski definition) is 1. The van der Waals surface area contributed by atoms with Gasteiger partial charge in [0.15, 0.2) is 15.6 Å². The summed E-state index contributed by atoms with van der Waals surface area (Å²) in [5.74, 6) is -0.215. The van der Waals surface area contributed by atoms with Gasteiger partial charge in [-0.25, -0.2) is 8.42 Å². The summed E-state index contributed by atoms with van der Waals surface area (Å²) in [6, 6.07) is 11.1. The van der Waals surface area contributed by atoms with E-state index >= 15 is 0 Å². The summed E-state index contributed by atoms with van der Waals surface area (Å²) in [6.07, 6.45) is 1.12. The minimum Gasteiger partial charge on any atom is -0.399 e. The van der Waals surface area contributed by atoms with Gasteiger partial charge in [-0.1, -0.05) is 12.1 Å². The lowest BCUT2D eigenvalue weighted by molar-refractivity contribution is 0.103. The number of nitrogens with two attached hydrogens (primary N) is 1. The molecule has 0 aliphatic carbocycles. The van der Waals surface area contributed by atoms with Crippen LogP contribution in [-0.2, 0) is 9.84 Å². The van der Waals surface area contributed by atoms with Gasteiger partial charge in [0.25, 0.3) is 0 Å². The fraction of sp³-hybridized carbons (Fsp3) is 0.133. The van der Waals surface area contributed by atoms with Crippen molar-refractivity contribution in [3.05, 3.63) is 59.2 Å². The second-order valence-electron chi connectivity index (χ2n) is 4.70. The van der Waals surface area contributed by atoms with Crippen LogP contribution in [0.1, 0.15) is 21.5 Å². The number of carbonyl (C=O) groups excluding carboxylic acids is 1. The summed E-state index contributed by atoms with van der Waals surface area (Å²) in [4.78, 5) is 12.6. The van der Waals surface area contributed by atoms with Gasteiger partial charge >= 0.3 is 0 Å². The van der Waals surface area contributed by atoms with Gasteiger partial charge in [0, 0.05) is 23.1 Å². The number of sulfone groups is 1. The van der Waals surface area contributed by atoms with E-state index in [1.807, 2.05) is 0 Å². The molecule has 0 saturated carbocycles. The summed E-state index contributed by atoms with van der Waals surface area (Å²) >= 11 is 0. The predicted molar refractivity (Wildman–Crippen MR) is 78.6 cm³/mol. The Kier molecular flexibility index (Phi) is 3.63. The number of nitrogen functional groups attached to an aromatic ring is 1. The third kappa shape index (κ3) is 2.88. The van der Waals surface area contributed by atoms with Crippen LogP contribution in [0.3, 0.4) is 0 Å². The van der Waals surface area contributed by atoms with E-state index in [4.69, 9.17) is 5.73 Å². The Morgan fingerprint density at radius 1 is 1.10 bits per heavy atom. The number of aryl methyl sites for hydroxylation is 1. The third-order valence-electron chi connectivity index (χ3n) is 3.02. The number of anilines is 1. The predicted octanol–water partition coefficient (Wildman–Crippen LogP) is 2.21. The van der Waals surface area contributed by atoms with Gasteiger partial charge < -0.3 is 5.73 Å². The number of rotatable bonds is 3. The first-order valence-corrected chi connectivity index (χ1v) is 7.89. The molecule has 0 spiro atoms. The van der Waals surface area contributed by atoms with Crippen molar-refractivity contribution < 1.29 is 13.2 Å². The molecule has 20 heavy (non-hydrogen) atoms. The van der Waals surface area contributed by atoms with E-state index in [1.54, 1.807) is 37.3 Å². The quantitative estimate of drug-likeness (QED) is 0.694. The molecule has 2 rings (SSSR count). The smallest absolute Gasteiger partial charge is 0.193 e. The second kappa shape index (κ2) is 5.09. The molecule has 0 bridgehead atoms. The van der Waals surface area contributed by atoms with Crippen LogP contribution in [-0.4, -0.2) is 20.5 Å². The first kappa shape index (κ1) is 14.3. The molecule has 2 aromatic rings. The molecule has 0 atom stereocenters. The van der Waals surface area contributed by atoms with Crippen LogP contribution in [0.15, 0.2) is 47.4 Å². The average Bonchev–Trinajstić information content (AvgIpc) is 2.37. The zero-order valence-corrected chi connectivity index (χ0v) is 12.1. The van der Waals surface area contributed by atoms with Crippen molar-refractivity contribution in [2.24, 2.45) is 0 Å². The topological polar surface area (TPSA) is 77.2 Å². The van der Waals surface area contributed by atoms with E-state index in [0.717, 1.165) is 11.8 Å². The Bertz CT molecular complexity index is 779. The van der Waals surface area contributed by atoms with Gasteiger partial charge in [0.2, 0.25) is 0 Å². The van der Waals surface area contributed by atoms with Crippen LogP contribution in [0.4, 0.5) is 5.69 Å². The molecule has 4 nitrogen and oxygen atoms in total. The van der Waals surface area contributed by atoms with Crippen molar-refractivity contribution in [3.8, 4) is 0 Å². The lowest BCUT2D eigenvalue weighted by Crippen LogP contribution is -2.06. The zero-order valence-electron chi connectivity index (χ0n) is 11.3. The van der Waals surface area contributed by atoms with Crippen molar-refractivity contribution in [1.29, 1.82) is 0 Å². The molecule has 104 valence electrons. The first-order chi connectivity index (χ1) is 9.29. The molecule has 0 aliphatic heterocycles. The molecule has 0 amide bonds. The molecule has 0 unspecified atom stereocenters. The average molecular weight is 289 g/mol. The minimum absolute atomic E-state index is 0.136. The highest BCUT2D eigenvalue weighted by Gasteiger charge is 2.14. The molecular weight excluding hydrogens is 274 g/mol. The molecule has 0 saturated heterocycles. The lowest BCUT2D eigenvalue weighted by atomic mass is 9.99.